The first kappa shape index (κ1) is 23.3. The van der Waals surface area contributed by atoms with Crippen LogP contribution in [0.5, 0.6) is 0 Å². The highest BCUT2D eigenvalue weighted by Crippen LogP contribution is 2.41. The molecule has 1 nitrogen and oxygen atoms in total. The lowest BCUT2D eigenvalue weighted by molar-refractivity contribution is 1.56. The van der Waals surface area contributed by atoms with Gasteiger partial charge >= 0.3 is 0 Å². The van der Waals surface area contributed by atoms with Crippen LogP contribution in [0.15, 0.2) is 140 Å². The molecule has 0 unspecified atom stereocenters. The van der Waals surface area contributed by atoms with Gasteiger partial charge in [-0.2, -0.15) is 0 Å². The van der Waals surface area contributed by atoms with Crippen LogP contribution in [-0.4, -0.2) is 6.21 Å². The fourth-order valence-electron chi connectivity index (χ4n) is 5.48. The normalized spacial score (nSPS) is 11.2. The van der Waals surface area contributed by atoms with Crippen molar-refractivity contribution in [3.63, 3.8) is 0 Å². The minimum atomic E-state index is 0.966. The van der Waals surface area contributed by atoms with E-state index >= 15 is 0 Å². The predicted octanol–water partition coefficient (Wildman–Crippen LogP) is 10.7. The molecule has 39 heavy (non-hydrogen) atoms. The Bertz CT molecular complexity index is 1970. The van der Waals surface area contributed by atoms with E-state index in [0.717, 1.165) is 5.56 Å². The fourth-order valence-corrected chi connectivity index (χ4v) is 6.60. The van der Waals surface area contributed by atoms with Gasteiger partial charge in [0.25, 0.3) is 0 Å². The monoisotopic (exact) mass is 515 g/mol. The number of fused-ring (bicyclic) bond motifs is 3. The third kappa shape index (κ3) is 4.25. The molecule has 0 aliphatic carbocycles. The zero-order chi connectivity index (χ0) is 26.2. The van der Waals surface area contributed by atoms with Crippen molar-refractivity contribution in [1.82, 2.24) is 0 Å². The molecule has 0 radical (unpaired) electrons. The van der Waals surface area contributed by atoms with E-state index in [4.69, 9.17) is 5.41 Å². The zero-order valence-electron chi connectivity index (χ0n) is 21.3. The molecule has 184 valence electrons. The van der Waals surface area contributed by atoms with Gasteiger partial charge in [0.2, 0.25) is 0 Å². The first-order chi connectivity index (χ1) is 19.3. The highest BCUT2D eigenvalue weighted by Gasteiger charge is 2.14. The smallest absolute Gasteiger partial charge is 0.0361 e. The Morgan fingerprint density at radius 2 is 1.08 bits per heavy atom. The van der Waals surface area contributed by atoms with Crippen molar-refractivity contribution in [2.24, 2.45) is 0 Å². The summed E-state index contributed by atoms with van der Waals surface area (Å²) in [6.07, 6.45) is 1.47. The van der Waals surface area contributed by atoms with Crippen LogP contribution in [-0.2, 0) is 0 Å². The van der Waals surface area contributed by atoms with Crippen LogP contribution < -0.4 is 0 Å². The second kappa shape index (κ2) is 9.83. The van der Waals surface area contributed by atoms with E-state index in [2.05, 4.69) is 127 Å². The molecule has 2 heteroatoms. The molecule has 0 amide bonds. The molecular formula is C37H25NS. The summed E-state index contributed by atoms with van der Waals surface area (Å²) < 4.78 is 2.47. The second-order valence-electron chi connectivity index (χ2n) is 9.75. The van der Waals surface area contributed by atoms with Crippen molar-refractivity contribution in [1.29, 1.82) is 5.41 Å². The minimum absolute atomic E-state index is 0.966. The van der Waals surface area contributed by atoms with Crippen LogP contribution in [0, 0.1) is 5.41 Å². The Kier molecular flexibility index (Phi) is 5.88. The van der Waals surface area contributed by atoms with Crippen molar-refractivity contribution < 1.29 is 0 Å². The fraction of sp³-hybridized carbons (Fsp3) is 0. The molecule has 1 aromatic heterocycles. The predicted molar refractivity (Wildman–Crippen MR) is 169 cm³/mol. The number of thiophene rings is 1. The van der Waals surface area contributed by atoms with E-state index in [1.807, 2.05) is 12.1 Å². The molecule has 1 N–H and O–H groups in total. The number of hydrogen-bond acceptors (Lipinski definition) is 2. The summed E-state index contributed by atoms with van der Waals surface area (Å²) in [7, 11) is 0. The third-order valence-electron chi connectivity index (χ3n) is 7.40. The molecule has 0 spiro atoms. The van der Waals surface area contributed by atoms with Gasteiger partial charge in [-0.05, 0) is 74.8 Å². The molecule has 7 aromatic rings. The van der Waals surface area contributed by atoms with Gasteiger partial charge in [-0.1, -0.05) is 109 Å². The van der Waals surface area contributed by atoms with Crippen molar-refractivity contribution in [3.8, 4) is 44.5 Å². The van der Waals surface area contributed by atoms with Crippen LogP contribution in [0.1, 0.15) is 5.56 Å². The molecule has 0 aliphatic heterocycles. The lowest BCUT2D eigenvalue weighted by atomic mass is 9.90. The van der Waals surface area contributed by atoms with Crippen molar-refractivity contribution in [2.45, 2.75) is 0 Å². The maximum atomic E-state index is 7.96. The van der Waals surface area contributed by atoms with Crippen LogP contribution in [0.3, 0.4) is 0 Å². The molecule has 7 rings (SSSR count). The average molecular weight is 516 g/mol. The molecule has 0 saturated carbocycles. The largest absolute Gasteiger partial charge is 0.308 e. The summed E-state index contributed by atoms with van der Waals surface area (Å²) in [5, 5.41) is 10.3. The highest BCUT2D eigenvalue weighted by molar-refractivity contribution is 7.25. The average Bonchev–Trinajstić information content (AvgIpc) is 3.40. The minimum Gasteiger partial charge on any atom is -0.308 e. The standard InChI is InChI=1S/C37H25NS/c38-24-31-15-8-16-36-37(31)34-23-30(18-20-35(34)39-36)32-19-17-29(22-33(32)26-11-5-2-6-12-26)28-14-7-13-27(21-28)25-9-3-1-4-10-25/h1-24,38H. The van der Waals surface area contributed by atoms with Crippen molar-refractivity contribution in [2.75, 3.05) is 0 Å². The maximum absolute atomic E-state index is 7.96. The van der Waals surface area contributed by atoms with Gasteiger partial charge in [-0.3, -0.25) is 0 Å². The van der Waals surface area contributed by atoms with Crippen molar-refractivity contribution in [3.05, 3.63) is 145 Å². The first-order valence-corrected chi connectivity index (χ1v) is 13.9. The lowest BCUT2D eigenvalue weighted by Crippen LogP contribution is -1.88. The zero-order valence-corrected chi connectivity index (χ0v) is 22.1. The molecule has 0 aliphatic rings. The van der Waals surface area contributed by atoms with Crippen molar-refractivity contribution >= 4 is 37.7 Å². The van der Waals surface area contributed by atoms with Gasteiger partial charge < -0.3 is 5.41 Å². The van der Waals surface area contributed by atoms with Crippen LogP contribution in [0.2, 0.25) is 0 Å². The molecular weight excluding hydrogens is 490 g/mol. The molecule has 0 atom stereocenters. The quantitative estimate of drug-likeness (QED) is 0.220. The third-order valence-corrected chi connectivity index (χ3v) is 8.54. The van der Waals surface area contributed by atoms with Crippen LogP contribution in [0.4, 0.5) is 0 Å². The molecule has 1 heterocycles. The van der Waals surface area contributed by atoms with Gasteiger partial charge in [0.15, 0.2) is 0 Å². The summed E-state index contributed by atoms with van der Waals surface area (Å²) >= 11 is 1.79. The Hall–Kier alpha value is -4.79. The van der Waals surface area contributed by atoms with E-state index < -0.39 is 0 Å². The Morgan fingerprint density at radius 3 is 1.85 bits per heavy atom. The van der Waals surface area contributed by atoms with E-state index in [9.17, 15) is 0 Å². The SMILES string of the molecule is N=Cc1cccc2sc3ccc(-c4ccc(-c5cccc(-c6ccccc6)c5)cc4-c4ccccc4)cc3c12. The number of nitrogens with one attached hydrogen (secondary N) is 1. The number of rotatable bonds is 5. The van der Waals surface area contributed by atoms with E-state index in [1.165, 1.54) is 70.9 Å². The van der Waals surface area contributed by atoms with Crippen LogP contribution in [0.25, 0.3) is 64.7 Å². The Labute approximate surface area is 232 Å². The van der Waals surface area contributed by atoms with Gasteiger partial charge in [0.1, 0.15) is 0 Å². The maximum Gasteiger partial charge on any atom is 0.0361 e. The molecule has 6 aromatic carbocycles. The van der Waals surface area contributed by atoms with Gasteiger partial charge in [0.05, 0.1) is 0 Å². The Balaban J connectivity index is 1.41. The molecule has 0 fully saturated rings. The van der Waals surface area contributed by atoms with Crippen LogP contribution >= 0.6 is 11.3 Å². The van der Waals surface area contributed by atoms with E-state index in [1.54, 1.807) is 11.3 Å². The highest BCUT2D eigenvalue weighted by atomic mass is 32.1. The Morgan fingerprint density at radius 1 is 0.436 bits per heavy atom. The summed E-state index contributed by atoms with van der Waals surface area (Å²) in [4.78, 5) is 0. The van der Waals surface area contributed by atoms with Gasteiger partial charge in [-0.15, -0.1) is 11.3 Å². The summed E-state index contributed by atoms with van der Waals surface area (Å²) in [6.45, 7) is 0. The number of benzene rings is 6. The molecule has 0 saturated heterocycles. The number of hydrogen-bond donors (Lipinski definition) is 1. The summed E-state index contributed by atoms with van der Waals surface area (Å²) in [5.74, 6) is 0. The van der Waals surface area contributed by atoms with E-state index in [-0.39, 0.29) is 0 Å². The van der Waals surface area contributed by atoms with Gasteiger partial charge in [0, 0.05) is 32.0 Å². The summed E-state index contributed by atoms with van der Waals surface area (Å²) in [5.41, 5.74) is 10.6. The van der Waals surface area contributed by atoms with Gasteiger partial charge in [-0.25, -0.2) is 0 Å². The first-order valence-electron chi connectivity index (χ1n) is 13.1. The summed E-state index contributed by atoms with van der Waals surface area (Å²) in [6, 6.07) is 49.8. The molecule has 0 bridgehead atoms. The second-order valence-corrected chi connectivity index (χ2v) is 10.8. The lowest BCUT2D eigenvalue weighted by Gasteiger charge is -2.14. The van der Waals surface area contributed by atoms with E-state index in [0.29, 0.717) is 0 Å². The topological polar surface area (TPSA) is 23.9 Å².